The molecule has 6 fully saturated rings. The van der Waals surface area contributed by atoms with E-state index < -0.39 is 0 Å². The number of fused-ring (bicyclic) bond motifs is 6. The molecule has 6 nitrogen and oxygen atoms in total. The van der Waals surface area contributed by atoms with Crippen LogP contribution in [0.1, 0.15) is 85.0 Å². The van der Waals surface area contributed by atoms with E-state index >= 15 is 0 Å². The lowest BCUT2D eigenvalue weighted by Crippen LogP contribution is -2.62. The monoisotopic (exact) mass is 651 g/mol. The molecule has 2 amide bonds. The zero-order valence-electron chi connectivity index (χ0n) is 29.5. The largest absolute Gasteiger partial charge is 0.391 e. The Morgan fingerprint density at radius 2 is 1.71 bits per heavy atom. The maximum atomic E-state index is 14.0. The van der Waals surface area contributed by atoms with Gasteiger partial charge in [0.05, 0.1) is 6.10 Å². The number of hydrogen-bond donors (Lipinski definition) is 1. The van der Waals surface area contributed by atoms with Crippen molar-refractivity contribution in [1.29, 1.82) is 0 Å². The van der Waals surface area contributed by atoms with E-state index in [-0.39, 0.29) is 46.7 Å². The fourth-order valence-electron chi connectivity index (χ4n) is 12.7. The van der Waals surface area contributed by atoms with Crippen LogP contribution in [0.3, 0.4) is 0 Å². The third-order valence-corrected chi connectivity index (χ3v) is 15.6. The van der Waals surface area contributed by atoms with Gasteiger partial charge in [-0.1, -0.05) is 63.3 Å². The number of carbonyl (C=O) groups is 2. The fraction of sp³-hybridized carbons (Fsp3) is 0.714. The number of terminal acetylenes is 1. The minimum absolute atomic E-state index is 0.0138. The number of amides is 2. The first-order chi connectivity index (χ1) is 23.1. The molecular formula is C42H57N3O3. The molecule has 0 aromatic rings. The molecule has 2 heterocycles. The molecule has 7 unspecified atom stereocenters. The van der Waals surface area contributed by atoms with Crippen LogP contribution in [-0.4, -0.2) is 82.5 Å². The van der Waals surface area contributed by atoms with E-state index in [1.807, 2.05) is 15.9 Å². The average Bonchev–Trinajstić information content (AvgIpc) is 3.72. The highest BCUT2D eigenvalue weighted by molar-refractivity contribution is 5.99. The summed E-state index contributed by atoms with van der Waals surface area (Å²) in [5.41, 5.74) is 1.17. The maximum absolute atomic E-state index is 14.0. The third-order valence-electron chi connectivity index (χ3n) is 15.6. The van der Waals surface area contributed by atoms with Crippen molar-refractivity contribution < 1.29 is 14.7 Å². The van der Waals surface area contributed by atoms with Crippen molar-refractivity contribution in [2.75, 3.05) is 32.7 Å². The summed E-state index contributed by atoms with van der Waals surface area (Å²) < 4.78 is 0. The summed E-state index contributed by atoms with van der Waals surface area (Å²) in [6.07, 6.45) is 31.6. The zero-order valence-corrected chi connectivity index (χ0v) is 29.5. The number of allylic oxidation sites excluding steroid dienone is 6. The molecule has 12 atom stereocenters. The van der Waals surface area contributed by atoms with E-state index in [4.69, 9.17) is 6.42 Å². The summed E-state index contributed by atoms with van der Waals surface area (Å²) in [6.45, 7) is 10.8. The van der Waals surface area contributed by atoms with Gasteiger partial charge in [0.2, 0.25) is 5.91 Å². The van der Waals surface area contributed by atoms with E-state index in [0.29, 0.717) is 42.5 Å². The van der Waals surface area contributed by atoms with E-state index in [9.17, 15) is 14.7 Å². The molecule has 0 aromatic heterocycles. The minimum Gasteiger partial charge on any atom is -0.391 e. The van der Waals surface area contributed by atoms with Crippen LogP contribution >= 0.6 is 0 Å². The third kappa shape index (κ3) is 5.04. The molecule has 4 saturated carbocycles. The Bertz CT molecular complexity index is 1480. The van der Waals surface area contributed by atoms with Gasteiger partial charge in [-0.05, 0) is 98.7 Å². The van der Waals surface area contributed by atoms with Gasteiger partial charge in [-0.2, -0.15) is 0 Å². The number of nitrogens with zero attached hydrogens (tertiary/aromatic N) is 3. The molecule has 8 aliphatic rings. The van der Waals surface area contributed by atoms with Crippen molar-refractivity contribution in [1.82, 2.24) is 14.7 Å². The Hall–Kier alpha value is -2.62. The standard InChI is InChI=1S/C42H57N3O3/c1-5-29-12-14-33-32-13-11-31-26-37(46)36(27-42(31,4)34(32)16-19-41(29,33)3)43-21-23-44(24-22-43)39(48)35-10-8-20-45(35)38(47)28-15-18-40(2)17-7-6-9-30(40)25-28/h1,6-7,9,15,17-18,25,29-37,46H,8,10-14,16,19-24,26-27H2,2-4H3/t29-,30?,31?,32?,33?,34?,35+,36?,37+,40?,41-,42+/m1/s1. The predicted molar refractivity (Wildman–Crippen MR) is 189 cm³/mol. The predicted octanol–water partition coefficient (Wildman–Crippen LogP) is 6.00. The number of aliphatic hydroxyl groups excluding tert-OH is 1. The van der Waals surface area contributed by atoms with Crippen LogP contribution in [0.25, 0.3) is 0 Å². The van der Waals surface area contributed by atoms with Crippen molar-refractivity contribution in [3.8, 4) is 12.3 Å². The van der Waals surface area contributed by atoms with Gasteiger partial charge in [-0.15, -0.1) is 12.3 Å². The van der Waals surface area contributed by atoms with Gasteiger partial charge in [-0.3, -0.25) is 14.5 Å². The second-order valence-corrected chi connectivity index (χ2v) is 17.7. The fourth-order valence-corrected chi connectivity index (χ4v) is 12.7. The first-order valence-corrected chi connectivity index (χ1v) is 19.3. The van der Waals surface area contributed by atoms with Crippen LogP contribution in [0.4, 0.5) is 0 Å². The quantitative estimate of drug-likeness (QED) is 0.381. The molecule has 48 heavy (non-hydrogen) atoms. The lowest BCUT2D eigenvalue weighted by molar-refractivity contribution is -0.153. The van der Waals surface area contributed by atoms with Crippen molar-refractivity contribution in [3.63, 3.8) is 0 Å². The normalized spacial score (nSPS) is 46.6. The number of aliphatic hydroxyl groups is 1. The number of likely N-dealkylation sites (tertiary alicyclic amines) is 1. The molecule has 0 spiro atoms. The van der Waals surface area contributed by atoms with Crippen LogP contribution in [0.2, 0.25) is 0 Å². The Labute approximate surface area is 288 Å². The SMILES string of the molecule is C#C[C@@H]1CCC2C3CCC4C[C@H](O)C(N5CCN(C(=O)[C@@H]6CCCN6C(=O)C6=CC7C=CC=CC7(C)C=C6)CC5)C[C@]4(C)C3CC[C@@]21C. The maximum Gasteiger partial charge on any atom is 0.254 e. The molecule has 6 heteroatoms. The summed E-state index contributed by atoms with van der Waals surface area (Å²) in [7, 11) is 0. The highest BCUT2D eigenvalue weighted by atomic mass is 16.3. The lowest BCUT2D eigenvalue weighted by atomic mass is 9.44. The highest BCUT2D eigenvalue weighted by Gasteiger charge is 2.61. The van der Waals surface area contributed by atoms with Crippen LogP contribution < -0.4 is 0 Å². The molecular weight excluding hydrogens is 594 g/mol. The van der Waals surface area contributed by atoms with Gasteiger partial charge in [0.15, 0.2) is 0 Å². The lowest BCUT2D eigenvalue weighted by Gasteiger charge is -2.62. The summed E-state index contributed by atoms with van der Waals surface area (Å²) in [6, 6.07) is -0.226. The van der Waals surface area contributed by atoms with Crippen molar-refractivity contribution >= 4 is 11.8 Å². The Balaban J connectivity index is 0.910. The average molecular weight is 652 g/mol. The summed E-state index contributed by atoms with van der Waals surface area (Å²) >= 11 is 0. The minimum atomic E-state index is -0.380. The van der Waals surface area contributed by atoms with Crippen LogP contribution in [0, 0.1) is 64.1 Å². The topological polar surface area (TPSA) is 64.1 Å². The number of rotatable bonds is 3. The highest BCUT2D eigenvalue weighted by Crippen LogP contribution is 2.67. The van der Waals surface area contributed by atoms with Gasteiger partial charge in [0.1, 0.15) is 6.04 Å². The van der Waals surface area contributed by atoms with Crippen molar-refractivity contribution in [2.24, 2.45) is 51.8 Å². The Morgan fingerprint density at radius 3 is 2.50 bits per heavy atom. The van der Waals surface area contributed by atoms with Crippen LogP contribution in [-0.2, 0) is 9.59 Å². The van der Waals surface area contributed by atoms with Gasteiger partial charge in [0.25, 0.3) is 5.91 Å². The van der Waals surface area contributed by atoms with Crippen molar-refractivity contribution in [2.45, 2.75) is 103 Å². The molecule has 0 radical (unpaired) electrons. The first-order valence-electron chi connectivity index (χ1n) is 19.3. The first kappa shape index (κ1) is 32.6. The number of hydrogen-bond acceptors (Lipinski definition) is 4. The second-order valence-electron chi connectivity index (χ2n) is 17.7. The van der Waals surface area contributed by atoms with Gasteiger partial charge in [-0.25, -0.2) is 0 Å². The number of piperazine rings is 1. The van der Waals surface area contributed by atoms with Crippen molar-refractivity contribution in [3.05, 3.63) is 48.1 Å². The molecule has 258 valence electrons. The summed E-state index contributed by atoms with van der Waals surface area (Å²) in [5, 5.41) is 11.6. The summed E-state index contributed by atoms with van der Waals surface area (Å²) in [5.74, 6) is 6.72. The number of carbonyl (C=O) groups excluding carboxylic acids is 2. The van der Waals surface area contributed by atoms with Crippen LogP contribution in [0.5, 0.6) is 0 Å². The van der Waals surface area contributed by atoms with E-state index in [1.165, 1.54) is 38.5 Å². The molecule has 0 bridgehead atoms. The smallest absolute Gasteiger partial charge is 0.254 e. The zero-order chi connectivity index (χ0) is 33.4. The molecule has 0 aromatic carbocycles. The van der Waals surface area contributed by atoms with Gasteiger partial charge in [0, 0.05) is 61.6 Å². The Morgan fingerprint density at radius 1 is 0.917 bits per heavy atom. The summed E-state index contributed by atoms with van der Waals surface area (Å²) in [4.78, 5) is 34.1. The van der Waals surface area contributed by atoms with E-state index in [1.54, 1.807) is 0 Å². The second kappa shape index (κ2) is 12.0. The molecule has 8 rings (SSSR count). The molecule has 1 N–H and O–H groups in total. The van der Waals surface area contributed by atoms with Crippen LogP contribution in [0.15, 0.2) is 48.1 Å². The molecule has 2 saturated heterocycles. The van der Waals surface area contributed by atoms with Gasteiger partial charge >= 0.3 is 0 Å². The molecule has 6 aliphatic carbocycles. The Kier molecular flexibility index (Phi) is 8.15. The molecule has 2 aliphatic heterocycles. The van der Waals surface area contributed by atoms with E-state index in [2.05, 4.69) is 68.0 Å². The van der Waals surface area contributed by atoms with Gasteiger partial charge < -0.3 is 14.9 Å². The van der Waals surface area contributed by atoms with E-state index in [0.717, 1.165) is 56.5 Å².